The zero-order chi connectivity index (χ0) is 25.9. The Bertz CT molecular complexity index is 1270. The fourth-order valence-corrected chi connectivity index (χ4v) is 4.42. The van der Waals surface area contributed by atoms with Crippen molar-refractivity contribution in [1.82, 2.24) is 10.6 Å². The molecule has 4 heteroatoms. The van der Waals surface area contributed by atoms with Crippen molar-refractivity contribution in [1.29, 1.82) is 0 Å². The average Bonchev–Trinajstić information content (AvgIpc) is 2.94. The first-order valence-electron chi connectivity index (χ1n) is 13.1. The second kappa shape index (κ2) is 13.8. The predicted molar refractivity (Wildman–Crippen MR) is 155 cm³/mol. The van der Waals surface area contributed by atoms with Crippen LogP contribution in [0.5, 0.6) is 0 Å². The topological polar surface area (TPSA) is 41.1 Å². The zero-order valence-electron chi connectivity index (χ0n) is 21.5. The summed E-state index contributed by atoms with van der Waals surface area (Å²) in [7, 11) is 0. The molecular weight excluding hydrogens is 476 g/mol. The first kappa shape index (κ1) is 26.7. The van der Waals surface area contributed by atoms with Gasteiger partial charge in [-0.25, -0.2) is 0 Å². The largest absolute Gasteiger partial charge is 0.348 e. The van der Waals surface area contributed by atoms with Gasteiger partial charge in [0.05, 0.1) is 0 Å². The van der Waals surface area contributed by atoms with E-state index in [9.17, 15) is 4.79 Å². The highest BCUT2D eigenvalue weighted by atomic mass is 35.5. The van der Waals surface area contributed by atoms with E-state index in [-0.39, 0.29) is 5.91 Å². The van der Waals surface area contributed by atoms with Gasteiger partial charge in [0.15, 0.2) is 0 Å². The van der Waals surface area contributed by atoms with Gasteiger partial charge in [-0.05, 0) is 70.5 Å². The average molecular weight is 511 g/mol. The molecule has 0 spiro atoms. The predicted octanol–water partition coefficient (Wildman–Crippen LogP) is 7.96. The number of unbranched alkanes of at least 4 members (excludes halogenated alkanes) is 2. The highest BCUT2D eigenvalue weighted by Gasteiger charge is 2.08. The summed E-state index contributed by atoms with van der Waals surface area (Å²) in [6.45, 7) is 4.32. The third-order valence-electron chi connectivity index (χ3n) is 6.53. The van der Waals surface area contributed by atoms with Crippen LogP contribution in [0, 0.1) is 0 Å². The van der Waals surface area contributed by atoms with E-state index in [1.165, 1.54) is 36.0 Å². The van der Waals surface area contributed by atoms with E-state index in [1.807, 2.05) is 48.5 Å². The van der Waals surface area contributed by atoms with Gasteiger partial charge in [0.1, 0.15) is 0 Å². The molecule has 0 unspecified atom stereocenters. The van der Waals surface area contributed by atoms with E-state index in [0.717, 1.165) is 41.2 Å². The Morgan fingerprint density at radius 1 is 0.676 bits per heavy atom. The Balaban J connectivity index is 1.28. The van der Waals surface area contributed by atoms with Crippen LogP contribution in [0.2, 0.25) is 5.02 Å². The Morgan fingerprint density at radius 2 is 1.27 bits per heavy atom. The van der Waals surface area contributed by atoms with Crippen LogP contribution < -0.4 is 10.6 Å². The Kier molecular flexibility index (Phi) is 9.93. The molecule has 4 aromatic carbocycles. The molecule has 2 N–H and O–H groups in total. The minimum Gasteiger partial charge on any atom is -0.348 e. The summed E-state index contributed by atoms with van der Waals surface area (Å²) in [6.07, 6.45) is 4.85. The molecule has 0 heterocycles. The van der Waals surface area contributed by atoms with Crippen LogP contribution >= 0.6 is 11.6 Å². The van der Waals surface area contributed by atoms with Crippen molar-refractivity contribution in [3.63, 3.8) is 0 Å². The molecule has 0 radical (unpaired) electrons. The van der Waals surface area contributed by atoms with Crippen molar-refractivity contribution in [3.05, 3.63) is 130 Å². The van der Waals surface area contributed by atoms with E-state index in [4.69, 9.17) is 11.6 Å². The highest BCUT2D eigenvalue weighted by Crippen LogP contribution is 2.21. The molecule has 0 bridgehead atoms. The number of hydrogen-bond donors (Lipinski definition) is 2. The van der Waals surface area contributed by atoms with E-state index >= 15 is 0 Å². The van der Waals surface area contributed by atoms with E-state index in [1.54, 1.807) is 0 Å². The fraction of sp³-hybridized carbons (Fsp3) is 0.242. The number of nitrogens with one attached hydrogen (secondary N) is 2. The number of benzene rings is 4. The van der Waals surface area contributed by atoms with Crippen LogP contribution in [0.25, 0.3) is 11.1 Å². The van der Waals surface area contributed by atoms with Crippen LogP contribution in [-0.2, 0) is 26.1 Å². The first-order chi connectivity index (χ1) is 18.1. The molecule has 190 valence electrons. The van der Waals surface area contributed by atoms with E-state index < -0.39 is 0 Å². The monoisotopic (exact) mass is 510 g/mol. The first-order valence-corrected chi connectivity index (χ1v) is 13.5. The molecule has 0 aliphatic carbocycles. The maximum Gasteiger partial charge on any atom is 0.251 e. The molecule has 0 aromatic heterocycles. The molecule has 0 saturated heterocycles. The maximum atomic E-state index is 12.8. The van der Waals surface area contributed by atoms with Gasteiger partial charge in [0.25, 0.3) is 5.91 Å². The molecule has 0 aliphatic rings. The highest BCUT2D eigenvalue weighted by molar-refractivity contribution is 6.30. The number of amides is 1. The van der Waals surface area contributed by atoms with Crippen LogP contribution in [0.4, 0.5) is 0 Å². The Morgan fingerprint density at radius 3 is 1.95 bits per heavy atom. The lowest BCUT2D eigenvalue weighted by molar-refractivity contribution is 0.0951. The van der Waals surface area contributed by atoms with E-state index in [2.05, 4.69) is 66.1 Å². The smallest absolute Gasteiger partial charge is 0.251 e. The van der Waals surface area contributed by atoms with Crippen molar-refractivity contribution in [2.45, 2.75) is 52.2 Å². The molecule has 1 amide bonds. The SMILES string of the molecule is CCCCCc1ccc(CNC(=O)c2cccc(-c3ccc(CNCc4ccc(Cl)cc4)cc3)c2)cc1. The lowest BCUT2D eigenvalue weighted by Gasteiger charge is -2.09. The second-order valence-electron chi connectivity index (χ2n) is 9.46. The van der Waals surface area contributed by atoms with Crippen molar-refractivity contribution in [3.8, 4) is 11.1 Å². The van der Waals surface area contributed by atoms with Gasteiger partial charge in [-0.3, -0.25) is 4.79 Å². The summed E-state index contributed by atoms with van der Waals surface area (Å²) in [5, 5.41) is 7.28. The van der Waals surface area contributed by atoms with Gasteiger partial charge in [0.2, 0.25) is 0 Å². The standard InChI is InChI=1S/C33H35ClN2O/c1-2-3-4-6-25-9-11-28(12-10-25)24-36-33(37)31-8-5-7-30(21-31)29-17-13-26(14-18-29)22-35-23-27-15-19-32(34)20-16-27/h5,7-21,35H,2-4,6,22-24H2,1H3,(H,36,37). The summed E-state index contributed by atoms with van der Waals surface area (Å²) in [4.78, 5) is 12.8. The molecule has 0 saturated carbocycles. The molecule has 4 rings (SSSR count). The van der Waals surface area contributed by atoms with Crippen LogP contribution in [0.3, 0.4) is 0 Å². The fourth-order valence-electron chi connectivity index (χ4n) is 4.30. The lowest BCUT2D eigenvalue weighted by atomic mass is 10.0. The van der Waals surface area contributed by atoms with Gasteiger partial charge < -0.3 is 10.6 Å². The van der Waals surface area contributed by atoms with Gasteiger partial charge in [0, 0.05) is 30.2 Å². The van der Waals surface area contributed by atoms with Gasteiger partial charge >= 0.3 is 0 Å². The number of carbonyl (C=O) groups excluding carboxylic acids is 1. The quantitative estimate of drug-likeness (QED) is 0.190. The van der Waals surface area contributed by atoms with Crippen molar-refractivity contribution < 1.29 is 4.79 Å². The molecule has 4 aromatic rings. The normalized spacial score (nSPS) is 10.9. The summed E-state index contributed by atoms with van der Waals surface area (Å²) in [5.41, 5.74) is 7.68. The van der Waals surface area contributed by atoms with Crippen LogP contribution in [0.15, 0.2) is 97.1 Å². The summed E-state index contributed by atoms with van der Waals surface area (Å²) in [6, 6.07) is 32.8. The lowest BCUT2D eigenvalue weighted by Crippen LogP contribution is -2.22. The Hall–Kier alpha value is -3.40. The zero-order valence-corrected chi connectivity index (χ0v) is 22.2. The number of rotatable bonds is 12. The maximum absolute atomic E-state index is 12.8. The third-order valence-corrected chi connectivity index (χ3v) is 6.78. The van der Waals surface area contributed by atoms with Crippen LogP contribution in [0.1, 0.15) is 58.8 Å². The minimum absolute atomic E-state index is 0.0584. The molecule has 0 fully saturated rings. The van der Waals surface area contributed by atoms with Crippen molar-refractivity contribution >= 4 is 17.5 Å². The van der Waals surface area contributed by atoms with Crippen molar-refractivity contribution in [2.75, 3.05) is 0 Å². The number of aryl methyl sites for hydroxylation is 1. The summed E-state index contributed by atoms with van der Waals surface area (Å²) >= 11 is 5.95. The Labute approximate surface area is 225 Å². The summed E-state index contributed by atoms with van der Waals surface area (Å²) < 4.78 is 0. The second-order valence-corrected chi connectivity index (χ2v) is 9.90. The minimum atomic E-state index is -0.0584. The van der Waals surface area contributed by atoms with E-state index in [0.29, 0.717) is 12.1 Å². The third kappa shape index (κ3) is 8.31. The molecule has 3 nitrogen and oxygen atoms in total. The molecule has 37 heavy (non-hydrogen) atoms. The van der Waals surface area contributed by atoms with Gasteiger partial charge in [-0.15, -0.1) is 0 Å². The molecule has 0 atom stereocenters. The van der Waals surface area contributed by atoms with Gasteiger partial charge in [-0.1, -0.05) is 104 Å². The number of carbonyl (C=O) groups is 1. The summed E-state index contributed by atoms with van der Waals surface area (Å²) in [5.74, 6) is -0.0584. The number of hydrogen-bond acceptors (Lipinski definition) is 2. The van der Waals surface area contributed by atoms with Crippen molar-refractivity contribution in [2.24, 2.45) is 0 Å². The van der Waals surface area contributed by atoms with Gasteiger partial charge in [-0.2, -0.15) is 0 Å². The molecular formula is C33H35ClN2O. The van der Waals surface area contributed by atoms with Crippen LogP contribution in [-0.4, -0.2) is 5.91 Å². The molecule has 0 aliphatic heterocycles. The number of halogens is 1.